The molecule has 1 aliphatic heterocycles. The Labute approximate surface area is 175 Å². The molecule has 30 heavy (non-hydrogen) atoms. The summed E-state index contributed by atoms with van der Waals surface area (Å²) in [5, 5.41) is 0. The summed E-state index contributed by atoms with van der Waals surface area (Å²) in [6.45, 7) is 2.42. The average molecular weight is 402 g/mol. The predicted octanol–water partition coefficient (Wildman–Crippen LogP) is 4.52. The molecule has 152 valence electrons. The van der Waals surface area contributed by atoms with Gasteiger partial charge in [0.05, 0.1) is 12.1 Å². The van der Waals surface area contributed by atoms with E-state index in [1.54, 1.807) is 42.5 Å². The van der Waals surface area contributed by atoms with Crippen LogP contribution in [0.25, 0.3) is 0 Å². The number of anilines is 2. The first-order valence-electron chi connectivity index (χ1n) is 10.0. The van der Waals surface area contributed by atoms with Crippen LogP contribution < -0.4 is 9.80 Å². The number of hydrogen-bond acceptors (Lipinski definition) is 3. The standard InChI is InChI=1S/C25H23FN2O2/c1-18-11-13-20(14-12-18)27(16-15-19-7-5-6-10-22(19)26)23-17-24(29)28(25(23)30)21-8-3-2-4-9-21/h2-14,23H,15-17H2,1H3. The van der Waals surface area contributed by atoms with Crippen molar-refractivity contribution in [2.24, 2.45) is 0 Å². The van der Waals surface area contributed by atoms with Crippen molar-refractivity contribution in [1.82, 2.24) is 0 Å². The van der Waals surface area contributed by atoms with E-state index < -0.39 is 6.04 Å². The number of halogens is 1. The first-order chi connectivity index (χ1) is 14.5. The van der Waals surface area contributed by atoms with Crippen LogP contribution >= 0.6 is 0 Å². The van der Waals surface area contributed by atoms with Crippen molar-refractivity contribution < 1.29 is 14.0 Å². The molecule has 3 aromatic rings. The molecule has 2 amide bonds. The largest absolute Gasteiger partial charge is 0.359 e. The fraction of sp³-hybridized carbons (Fsp3) is 0.200. The van der Waals surface area contributed by atoms with Gasteiger partial charge in [0.2, 0.25) is 5.91 Å². The lowest BCUT2D eigenvalue weighted by molar-refractivity contribution is -0.121. The molecule has 5 heteroatoms. The van der Waals surface area contributed by atoms with Gasteiger partial charge < -0.3 is 4.90 Å². The third-order valence-electron chi connectivity index (χ3n) is 5.46. The molecular weight excluding hydrogens is 379 g/mol. The van der Waals surface area contributed by atoms with Gasteiger partial charge in [-0.2, -0.15) is 0 Å². The number of nitrogens with zero attached hydrogens (tertiary/aromatic N) is 2. The highest BCUT2D eigenvalue weighted by Crippen LogP contribution is 2.29. The molecule has 0 N–H and O–H groups in total. The molecule has 1 saturated heterocycles. The fourth-order valence-electron chi connectivity index (χ4n) is 3.85. The highest BCUT2D eigenvalue weighted by Gasteiger charge is 2.42. The number of carbonyl (C=O) groups is 2. The zero-order valence-corrected chi connectivity index (χ0v) is 16.8. The molecule has 1 atom stereocenters. The molecule has 0 aromatic heterocycles. The van der Waals surface area contributed by atoms with E-state index in [2.05, 4.69) is 0 Å². The Morgan fingerprint density at radius 3 is 2.30 bits per heavy atom. The Morgan fingerprint density at radius 1 is 0.933 bits per heavy atom. The molecule has 0 bridgehead atoms. The maximum atomic E-state index is 14.1. The van der Waals surface area contributed by atoms with Gasteiger partial charge in [0, 0.05) is 12.2 Å². The van der Waals surface area contributed by atoms with Crippen molar-refractivity contribution in [3.63, 3.8) is 0 Å². The summed E-state index contributed by atoms with van der Waals surface area (Å²) in [5.41, 5.74) is 3.12. The van der Waals surface area contributed by atoms with Gasteiger partial charge in [0.15, 0.2) is 0 Å². The van der Waals surface area contributed by atoms with Gasteiger partial charge >= 0.3 is 0 Å². The molecule has 1 fully saturated rings. The van der Waals surface area contributed by atoms with Gasteiger partial charge in [-0.1, -0.05) is 54.1 Å². The van der Waals surface area contributed by atoms with Crippen molar-refractivity contribution >= 4 is 23.2 Å². The van der Waals surface area contributed by atoms with E-state index in [1.807, 2.05) is 42.2 Å². The van der Waals surface area contributed by atoms with E-state index in [9.17, 15) is 14.0 Å². The molecule has 4 rings (SSSR count). The van der Waals surface area contributed by atoms with Gasteiger partial charge in [-0.05, 0) is 49.2 Å². The smallest absolute Gasteiger partial charge is 0.256 e. The van der Waals surface area contributed by atoms with E-state index in [4.69, 9.17) is 0 Å². The van der Waals surface area contributed by atoms with Gasteiger partial charge in [-0.25, -0.2) is 9.29 Å². The first kappa shape index (κ1) is 19.8. The molecule has 1 aliphatic rings. The van der Waals surface area contributed by atoms with Crippen molar-refractivity contribution in [3.05, 3.63) is 95.8 Å². The Balaban J connectivity index is 1.64. The summed E-state index contributed by atoms with van der Waals surface area (Å²) >= 11 is 0. The van der Waals surface area contributed by atoms with Gasteiger partial charge in [-0.15, -0.1) is 0 Å². The SMILES string of the molecule is Cc1ccc(N(CCc2ccccc2F)C2CC(=O)N(c3ccccc3)C2=O)cc1. The van der Waals surface area contributed by atoms with Crippen molar-refractivity contribution in [3.8, 4) is 0 Å². The lowest BCUT2D eigenvalue weighted by Crippen LogP contribution is -2.43. The number of aryl methyl sites for hydroxylation is 1. The van der Waals surface area contributed by atoms with Crippen molar-refractivity contribution in [2.45, 2.75) is 25.8 Å². The van der Waals surface area contributed by atoms with E-state index in [0.29, 0.717) is 24.2 Å². The summed E-state index contributed by atoms with van der Waals surface area (Å²) in [6, 6.07) is 22.8. The van der Waals surface area contributed by atoms with Crippen LogP contribution in [0.15, 0.2) is 78.9 Å². The number of rotatable bonds is 6. The van der Waals surface area contributed by atoms with Crippen LogP contribution in [0.5, 0.6) is 0 Å². The fourth-order valence-corrected chi connectivity index (χ4v) is 3.85. The second kappa shape index (κ2) is 8.49. The molecule has 4 nitrogen and oxygen atoms in total. The average Bonchev–Trinajstić information content (AvgIpc) is 3.05. The summed E-state index contributed by atoms with van der Waals surface area (Å²) in [4.78, 5) is 29.2. The number of imide groups is 1. The topological polar surface area (TPSA) is 40.6 Å². The number of para-hydroxylation sites is 1. The number of amides is 2. The zero-order chi connectivity index (χ0) is 21.1. The van der Waals surface area contributed by atoms with Crippen LogP contribution in [-0.2, 0) is 16.0 Å². The zero-order valence-electron chi connectivity index (χ0n) is 16.8. The van der Waals surface area contributed by atoms with E-state index in [-0.39, 0.29) is 24.1 Å². The van der Waals surface area contributed by atoms with Crippen molar-refractivity contribution in [2.75, 3.05) is 16.3 Å². The first-order valence-corrected chi connectivity index (χ1v) is 10.0. The Morgan fingerprint density at radius 2 is 1.60 bits per heavy atom. The molecule has 1 heterocycles. The van der Waals surface area contributed by atoms with Crippen LogP contribution in [-0.4, -0.2) is 24.4 Å². The molecular formula is C25H23FN2O2. The molecule has 0 aliphatic carbocycles. The van der Waals surface area contributed by atoms with Gasteiger partial charge in [0.25, 0.3) is 5.91 Å². The molecule has 0 spiro atoms. The Hall–Kier alpha value is -3.47. The highest BCUT2D eigenvalue weighted by molar-refractivity contribution is 6.23. The van der Waals surface area contributed by atoms with Crippen LogP contribution in [0.3, 0.4) is 0 Å². The minimum Gasteiger partial charge on any atom is -0.359 e. The Bertz CT molecular complexity index is 1050. The highest BCUT2D eigenvalue weighted by atomic mass is 19.1. The summed E-state index contributed by atoms with van der Waals surface area (Å²) in [6.07, 6.45) is 0.530. The molecule has 0 radical (unpaired) electrons. The lowest BCUT2D eigenvalue weighted by atomic mass is 10.1. The maximum absolute atomic E-state index is 14.1. The summed E-state index contributed by atoms with van der Waals surface area (Å²) in [5.74, 6) is -0.736. The molecule has 0 saturated carbocycles. The monoisotopic (exact) mass is 402 g/mol. The van der Waals surface area contributed by atoms with E-state index in [0.717, 1.165) is 11.3 Å². The maximum Gasteiger partial charge on any atom is 0.256 e. The molecule has 1 unspecified atom stereocenters. The van der Waals surface area contributed by atoms with E-state index >= 15 is 0 Å². The third kappa shape index (κ3) is 3.96. The Kier molecular flexibility index (Phi) is 5.61. The predicted molar refractivity (Wildman–Crippen MR) is 116 cm³/mol. The van der Waals surface area contributed by atoms with Gasteiger partial charge in [-0.3, -0.25) is 9.59 Å². The molecule has 3 aromatic carbocycles. The van der Waals surface area contributed by atoms with Crippen LogP contribution in [0.1, 0.15) is 17.5 Å². The number of benzene rings is 3. The normalized spacial score (nSPS) is 16.2. The van der Waals surface area contributed by atoms with E-state index in [1.165, 1.54) is 11.0 Å². The number of carbonyl (C=O) groups excluding carboxylic acids is 2. The minimum absolute atomic E-state index is 0.0961. The third-order valence-corrected chi connectivity index (χ3v) is 5.46. The quantitative estimate of drug-likeness (QED) is 0.570. The van der Waals surface area contributed by atoms with Crippen LogP contribution in [0.2, 0.25) is 0 Å². The van der Waals surface area contributed by atoms with Gasteiger partial charge in [0.1, 0.15) is 11.9 Å². The minimum atomic E-state index is -0.618. The van der Waals surface area contributed by atoms with Crippen LogP contribution in [0.4, 0.5) is 15.8 Å². The summed E-state index contributed by atoms with van der Waals surface area (Å²) in [7, 11) is 0. The van der Waals surface area contributed by atoms with Crippen LogP contribution in [0, 0.1) is 12.7 Å². The lowest BCUT2D eigenvalue weighted by Gasteiger charge is -2.30. The second-order valence-corrected chi connectivity index (χ2v) is 7.49. The second-order valence-electron chi connectivity index (χ2n) is 7.49. The number of hydrogen-bond donors (Lipinski definition) is 0. The summed E-state index contributed by atoms with van der Waals surface area (Å²) < 4.78 is 14.1. The van der Waals surface area contributed by atoms with Crippen molar-refractivity contribution in [1.29, 1.82) is 0 Å².